The Bertz CT molecular complexity index is 203. The first-order chi connectivity index (χ1) is 8.67. The Labute approximate surface area is 117 Å². The predicted molar refractivity (Wildman–Crippen MR) is 83.3 cm³/mol. The highest BCUT2D eigenvalue weighted by Gasteiger charge is 2.22. The third-order valence-corrected chi connectivity index (χ3v) is 4.40. The van der Waals surface area contributed by atoms with Gasteiger partial charge in [0.05, 0.1) is 0 Å². The molecule has 1 aliphatic rings. The zero-order chi connectivity index (χ0) is 13.4. The summed E-state index contributed by atoms with van der Waals surface area (Å²) in [6.07, 6.45) is 4.75. The third kappa shape index (κ3) is 5.91. The van der Waals surface area contributed by atoms with Crippen LogP contribution < -0.4 is 5.73 Å². The Morgan fingerprint density at radius 2 is 1.83 bits per heavy atom. The molecule has 1 atom stereocenters. The van der Waals surface area contributed by atoms with Crippen LogP contribution in [0.4, 0.5) is 0 Å². The van der Waals surface area contributed by atoms with Crippen molar-refractivity contribution in [3.63, 3.8) is 0 Å². The lowest BCUT2D eigenvalue weighted by molar-refractivity contribution is 0.0879. The van der Waals surface area contributed by atoms with E-state index in [1.54, 1.807) is 0 Å². The summed E-state index contributed by atoms with van der Waals surface area (Å²) >= 11 is 1.94. The van der Waals surface area contributed by atoms with Gasteiger partial charge in [0.15, 0.2) is 0 Å². The van der Waals surface area contributed by atoms with Gasteiger partial charge in [0.25, 0.3) is 0 Å². The van der Waals surface area contributed by atoms with E-state index in [1.807, 2.05) is 11.8 Å². The second-order valence-electron chi connectivity index (χ2n) is 5.75. The highest BCUT2D eigenvalue weighted by Crippen LogP contribution is 2.12. The van der Waals surface area contributed by atoms with Gasteiger partial charge in [-0.3, -0.25) is 4.90 Å². The van der Waals surface area contributed by atoms with Gasteiger partial charge in [0, 0.05) is 45.3 Å². The molecule has 1 heterocycles. The molecule has 0 spiro atoms. The summed E-state index contributed by atoms with van der Waals surface area (Å²) in [5.41, 5.74) is 5.94. The van der Waals surface area contributed by atoms with Crippen molar-refractivity contribution in [2.45, 2.75) is 32.7 Å². The fourth-order valence-corrected chi connectivity index (χ4v) is 3.20. The molecular formula is C14H31N3S. The summed E-state index contributed by atoms with van der Waals surface area (Å²) in [6, 6.07) is 0.610. The average molecular weight is 273 g/mol. The van der Waals surface area contributed by atoms with Crippen molar-refractivity contribution < 1.29 is 0 Å². The molecule has 0 aliphatic carbocycles. The van der Waals surface area contributed by atoms with Crippen LogP contribution in [0.2, 0.25) is 0 Å². The van der Waals surface area contributed by atoms with Crippen LogP contribution in [0, 0.1) is 5.92 Å². The number of hydrogen-bond donors (Lipinski definition) is 1. The van der Waals surface area contributed by atoms with Crippen molar-refractivity contribution in [1.29, 1.82) is 0 Å². The first-order valence-electron chi connectivity index (χ1n) is 7.32. The van der Waals surface area contributed by atoms with E-state index in [1.165, 1.54) is 51.3 Å². The number of nitrogens with zero attached hydrogens (tertiary/aromatic N) is 2. The fourth-order valence-electron chi connectivity index (χ4n) is 2.74. The maximum atomic E-state index is 5.94. The van der Waals surface area contributed by atoms with Crippen molar-refractivity contribution in [3.8, 4) is 0 Å². The molecule has 0 aromatic heterocycles. The Kier molecular flexibility index (Phi) is 8.31. The molecular weight excluding hydrogens is 242 g/mol. The predicted octanol–water partition coefficient (Wildman–Crippen LogP) is 1.73. The van der Waals surface area contributed by atoms with Crippen LogP contribution in [0.1, 0.15) is 26.7 Å². The smallest absolute Gasteiger partial charge is 0.0219 e. The molecule has 2 N–H and O–H groups in total. The second-order valence-corrected chi connectivity index (χ2v) is 6.74. The minimum atomic E-state index is 0.610. The lowest BCUT2D eigenvalue weighted by Gasteiger charge is -2.39. The van der Waals surface area contributed by atoms with Gasteiger partial charge in [-0.15, -0.1) is 0 Å². The molecule has 0 amide bonds. The van der Waals surface area contributed by atoms with Crippen LogP contribution >= 0.6 is 11.8 Å². The molecule has 3 nitrogen and oxygen atoms in total. The van der Waals surface area contributed by atoms with Gasteiger partial charge in [-0.2, -0.15) is 11.8 Å². The van der Waals surface area contributed by atoms with Crippen LogP contribution in [0.5, 0.6) is 0 Å². The molecule has 0 saturated carbocycles. The fraction of sp³-hybridized carbons (Fsp3) is 1.00. The summed E-state index contributed by atoms with van der Waals surface area (Å²) in [5.74, 6) is 2.05. The van der Waals surface area contributed by atoms with Gasteiger partial charge in [-0.05, 0) is 30.8 Å². The molecule has 1 fully saturated rings. The zero-order valence-electron chi connectivity index (χ0n) is 12.4. The maximum Gasteiger partial charge on any atom is 0.0219 e. The molecule has 0 bridgehead atoms. The van der Waals surface area contributed by atoms with E-state index in [0.29, 0.717) is 6.04 Å². The van der Waals surface area contributed by atoms with Crippen LogP contribution in [0.15, 0.2) is 0 Å². The highest BCUT2D eigenvalue weighted by atomic mass is 32.2. The monoisotopic (exact) mass is 273 g/mol. The normalized spacial score (nSPS) is 20.5. The Morgan fingerprint density at radius 1 is 1.17 bits per heavy atom. The molecule has 0 aromatic rings. The summed E-state index contributed by atoms with van der Waals surface area (Å²) in [5, 5.41) is 0. The number of piperazine rings is 1. The van der Waals surface area contributed by atoms with Crippen molar-refractivity contribution in [1.82, 2.24) is 9.80 Å². The van der Waals surface area contributed by atoms with Gasteiger partial charge in [-0.25, -0.2) is 0 Å². The highest BCUT2D eigenvalue weighted by molar-refractivity contribution is 7.98. The lowest BCUT2D eigenvalue weighted by Crippen LogP contribution is -2.52. The van der Waals surface area contributed by atoms with E-state index in [0.717, 1.165) is 12.5 Å². The molecule has 4 heteroatoms. The SMILES string of the molecule is CSCCCC(CN)N1CCN(CC(C)C)CC1. The van der Waals surface area contributed by atoms with Crippen molar-refractivity contribution in [2.24, 2.45) is 11.7 Å². The van der Waals surface area contributed by atoms with Crippen LogP contribution in [0.3, 0.4) is 0 Å². The van der Waals surface area contributed by atoms with Gasteiger partial charge in [0.2, 0.25) is 0 Å². The van der Waals surface area contributed by atoms with Crippen molar-refractivity contribution >= 4 is 11.8 Å². The zero-order valence-corrected chi connectivity index (χ0v) is 13.2. The molecule has 108 valence electrons. The quantitative estimate of drug-likeness (QED) is 0.683. The largest absolute Gasteiger partial charge is 0.329 e. The average Bonchev–Trinajstić information content (AvgIpc) is 2.35. The maximum absolute atomic E-state index is 5.94. The first-order valence-corrected chi connectivity index (χ1v) is 8.72. The van der Waals surface area contributed by atoms with E-state index in [-0.39, 0.29) is 0 Å². The van der Waals surface area contributed by atoms with Gasteiger partial charge >= 0.3 is 0 Å². The van der Waals surface area contributed by atoms with Crippen LogP contribution in [-0.4, -0.2) is 67.1 Å². The van der Waals surface area contributed by atoms with Gasteiger partial charge in [-0.1, -0.05) is 13.8 Å². The van der Waals surface area contributed by atoms with E-state index in [2.05, 4.69) is 29.9 Å². The van der Waals surface area contributed by atoms with Crippen LogP contribution in [0.25, 0.3) is 0 Å². The lowest BCUT2D eigenvalue weighted by atomic mass is 10.1. The Morgan fingerprint density at radius 3 is 2.33 bits per heavy atom. The van der Waals surface area contributed by atoms with Crippen molar-refractivity contribution in [2.75, 3.05) is 51.3 Å². The molecule has 0 aromatic carbocycles. The standard InChI is InChI=1S/C14H31N3S/c1-13(2)12-16-6-8-17(9-7-16)14(11-15)5-4-10-18-3/h13-14H,4-12,15H2,1-3H3. The van der Waals surface area contributed by atoms with Crippen molar-refractivity contribution in [3.05, 3.63) is 0 Å². The molecule has 1 rings (SSSR count). The Balaban J connectivity index is 2.26. The minimum Gasteiger partial charge on any atom is -0.329 e. The second kappa shape index (κ2) is 9.18. The van der Waals surface area contributed by atoms with Crippen LogP contribution in [-0.2, 0) is 0 Å². The molecule has 18 heavy (non-hydrogen) atoms. The minimum absolute atomic E-state index is 0.610. The summed E-state index contributed by atoms with van der Waals surface area (Å²) in [6.45, 7) is 11.5. The number of thioether (sulfide) groups is 1. The van der Waals surface area contributed by atoms with Gasteiger partial charge in [0.1, 0.15) is 0 Å². The van der Waals surface area contributed by atoms with E-state index < -0.39 is 0 Å². The molecule has 1 aliphatic heterocycles. The number of rotatable bonds is 8. The molecule has 1 unspecified atom stereocenters. The van der Waals surface area contributed by atoms with Gasteiger partial charge < -0.3 is 10.6 Å². The summed E-state index contributed by atoms with van der Waals surface area (Å²) < 4.78 is 0. The summed E-state index contributed by atoms with van der Waals surface area (Å²) in [7, 11) is 0. The van der Waals surface area contributed by atoms with E-state index in [9.17, 15) is 0 Å². The third-order valence-electron chi connectivity index (χ3n) is 3.70. The topological polar surface area (TPSA) is 32.5 Å². The molecule has 1 saturated heterocycles. The first kappa shape index (κ1) is 16.3. The number of nitrogens with two attached hydrogens (primary N) is 1. The van der Waals surface area contributed by atoms with E-state index >= 15 is 0 Å². The van der Waals surface area contributed by atoms with E-state index in [4.69, 9.17) is 5.73 Å². The summed E-state index contributed by atoms with van der Waals surface area (Å²) in [4.78, 5) is 5.20. The Hall–Kier alpha value is 0.230. The molecule has 0 radical (unpaired) electrons. The number of hydrogen-bond acceptors (Lipinski definition) is 4.